The second kappa shape index (κ2) is 1.97. The molecule has 1 aliphatic carbocycles. The highest BCUT2D eigenvalue weighted by molar-refractivity contribution is 5.78. The molecule has 2 nitrogen and oxygen atoms in total. The van der Waals surface area contributed by atoms with Gasteiger partial charge in [-0.15, -0.1) is 0 Å². The van der Waals surface area contributed by atoms with Crippen molar-refractivity contribution in [3.8, 4) is 0 Å². The lowest BCUT2D eigenvalue weighted by atomic mass is 10.2. The molecule has 0 spiro atoms. The van der Waals surface area contributed by atoms with Gasteiger partial charge in [0.2, 0.25) is 0 Å². The minimum absolute atomic E-state index is 0.0588. The summed E-state index contributed by atoms with van der Waals surface area (Å²) in [5.74, 6) is 1.65. The zero-order chi connectivity index (χ0) is 7.14. The van der Waals surface area contributed by atoms with E-state index in [0.717, 1.165) is 0 Å². The number of hydrogen-bond donors (Lipinski definition) is 0. The van der Waals surface area contributed by atoms with Crippen molar-refractivity contribution in [2.75, 3.05) is 6.61 Å². The number of hydrogen-bond acceptors (Lipinski definition) is 2. The van der Waals surface area contributed by atoms with Crippen molar-refractivity contribution in [3.63, 3.8) is 0 Å². The maximum atomic E-state index is 10.9. The van der Waals surface area contributed by atoms with E-state index in [0.29, 0.717) is 24.4 Å². The van der Waals surface area contributed by atoms with Gasteiger partial charge in [0, 0.05) is 5.92 Å². The first kappa shape index (κ1) is 6.20. The molecule has 3 atom stereocenters. The minimum Gasteiger partial charge on any atom is -0.465 e. The van der Waals surface area contributed by atoms with Crippen LogP contribution in [0.4, 0.5) is 0 Å². The molecule has 0 N–H and O–H groups in total. The van der Waals surface area contributed by atoms with Crippen LogP contribution >= 0.6 is 0 Å². The van der Waals surface area contributed by atoms with Crippen LogP contribution in [0.15, 0.2) is 0 Å². The van der Waals surface area contributed by atoms with Crippen LogP contribution in [0.5, 0.6) is 0 Å². The third-order valence-corrected chi connectivity index (χ3v) is 2.64. The molecule has 2 rings (SSSR count). The largest absolute Gasteiger partial charge is 0.465 e. The summed E-state index contributed by atoms with van der Waals surface area (Å²) in [6, 6.07) is 0. The first-order valence-corrected chi connectivity index (χ1v) is 4.01. The Morgan fingerprint density at radius 1 is 1.70 bits per heavy atom. The van der Waals surface area contributed by atoms with Gasteiger partial charge in [0.1, 0.15) is 0 Å². The molecule has 0 unspecified atom stereocenters. The van der Waals surface area contributed by atoms with Crippen LogP contribution in [0.3, 0.4) is 0 Å². The highest BCUT2D eigenvalue weighted by Crippen LogP contribution is 2.53. The van der Waals surface area contributed by atoms with Gasteiger partial charge in [-0.3, -0.25) is 4.79 Å². The predicted molar refractivity (Wildman–Crippen MR) is 36.3 cm³/mol. The molecule has 0 aromatic rings. The van der Waals surface area contributed by atoms with Crippen LogP contribution in [0.2, 0.25) is 0 Å². The Bertz CT molecular complexity index is 165. The minimum atomic E-state index is 0.0588. The van der Waals surface area contributed by atoms with Gasteiger partial charge in [-0.25, -0.2) is 0 Å². The van der Waals surface area contributed by atoms with Crippen LogP contribution in [0, 0.1) is 17.8 Å². The molecular weight excluding hydrogens is 128 g/mol. The number of esters is 1. The van der Waals surface area contributed by atoms with Crippen molar-refractivity contribution in [1.29, 1.82) is 0 Å². The zero-order valence-electron chi connectivity index (χ0n) is 6.17. The van der Waals surface area contributed by atoms with Gasteiger partial charge in [-0.05, 0) is 12.3 Å². The average Bonchev–Trinajstić information content (AvgIpc) is 2.45. The molecule has 0 radical (unpaired) electrons. The fraction of sp³-hybridized carbons (Fsp3) is 0.875. The molecule has 0 aromatic heterocycles. The number of cyclic esters (lactones) is 1. The molecule has 1 heterocycles. The van der Waals surface area contributed by atoms with E-state index < -0.39 is 0 Å². The molecule has 1 saturated heterocycles. The van der Waals surface area contributed by atoms with E-state index in [1.807, 2.05) is 0 Å². The second-order valence-corrected chi connectivity index (χ2v) is 3.27. The summed E-state index contributed by atoms with van der Waals surface area (Å²) in [5.41, 5.74) is 0. The molecule has 56 valence electrons. The van der Waals surface area contributed by atoms with Gasteiger partial charge in [-0.1, -0.05) is 13.3 Å². The maximum Gasteiger partial charge on any atom is 0.309 e. The Kier molecular flexibility index (Phi) is 1.22. The van der Waals surface area contributed by atoms with Gasteiger partial charge < -0.3 is 4.74 Å². The number of carbonyl (C=O) groups is 1. The topological polar surface area (TPSA) is 26.3 Å². The summed E-state index contributed by atoms with van der Waals surface area (Å²) in [6.07, 6.45) is 2.41. The molecule has 10 heavy (non-hydrogen) atoms. The van der Waals surface area contributed by atoms with E-state index in [2.05, 4.69) is 6.92 Å². The summed E-state index contributed by atoms with van der Waals surface area (Å²) < 4.78 is 4.85. The average molecular weight is 140 g/mol. The Balaban J connectivity index is 1.92. The van der Waals surface area contributed by atoms with Crippen LogP contribution in [-0.4, -0.2) is 12.6 Å². The molecule has 2 fully saturated rings. The lowest BCUT2D eigenvalue weighted by Crippen LogP contribution is -2.04. The quantitative estimate of drug-likeness (QED) is 0.539. The Morgan fingerprint density at radius 3 is 3.00 bits per heavy atom. The standard InChI is InChI=1S/C8H12O2/c1-2-3-5-6-4-10-8(9)7(5)6/h5-7H,2-4H2,1H3/t5-,6-,7+/m0/s1. The van der Waals surface area contributed by atoms with Crippen molar-refractivity contribution in [2.24, 2.45) is 17.8 Å². The van der Waals surface area contributed by atoms with E-state index in [9.17, 15) is 4.79 Å². The molecule has 0 bridgehead atoms. The highest BCUT2D eigenvalue weighted by atomic mass is 16.5. The summed E-state index contributed by atoms with van der Waals surface area (Å²) in [4.78, 5) is 10.9. The molecule has 2 aliphatic rings. The van der Waals surface area contributed by atoms with Crippen LogP contribution in [-0.2, 0) is 9.53 Å². The molecule has 1 aliphatic heterocycles. The lowest BCUT2D eigenvalue weighted by molar-refractivity contribution is -0.141. The summed E-state index contributed by atoms with van der Waals surface area (Å²) in [6.45, 7) is 2.87. The Hall–Kier alpha value is -0.530. The van der Waals surface area contributed by atoms with Crippen LogP contribution in [0.25, 0.3) is 0 Å². The number of fused-ring (bicyclic) bond motifs is 1. The molecule has 0 amide bonds. The first-order chi connectivity index (χ1) is 4.84. The number of ether oxygens (including phenoxy) is 1. The first-order valence-electron chi connectivity index (χ1n) is 4.01. The van der Waals surface area contributed by atoms with E-state index >= 15 is 0 Å². The predicted octanol–water partition coefficient (Wildman–Crippen LogP) is 1.21. The summed E-state index contributed by atoms with van der Waals surface area (Å²) >= 11 is 0. The van der Waals surface area contributed by atoms with Crippen LogP contribution < -0.4 is 0 Å². The van der Waals surface area contributed by atoms with Crippen molar-refractivity contribution >= 4 is 5.97 Å². The number of carbonyl (C=O) groups excluding carboxylic acids is 1. The number of rotatable bonds is 2. The second-order valence-electron chi connectivity index (χ2n) is 3.27. The monoisotopic (exact) mass is 140 g/mol. The lowest BCUT2D eigenvalue weighted by Gasteiger charge is -2.00. The SMILES string of the molecule is CCC[C@H]1[C@@H]2COC(=O)[C@H]12. The summed E-state index contributed by atoms with van der Waals surface area (Å²) in [7, 11) is 0. The van der Waals surface area contributed by atoms with Gasteiger partial charge in [0.05, 0.1) is 12.5 Å². The molecular formula is C8H12O2. The van der Waals surface area contributed by atoms with Gasteiger partial charge in [0.15, 0.2) is 0 Å². The Morgan fingerprint density at radius 2 is 2.50 bits per heavy atom. The van der Waals surface area contributed by atoms with Crippen molar-refractivity contribution < 1.29 is 9.53 Å². The third-order valence-electron chi connectivity index (χ3n) is 2.64. The fourth-order valence-electron chi connectivity index (χ4n) is 2.02. The van der Waals surface area contributed by atoms with E-state index in [-0.39, 0.29) is 5.97 Å². The van der Waals surface area contributed by atoms with Gasteiger partial charge >= 0.3 is 5.97 Å². The normalized spacial score (nSPS) is 42.9. The van der Waals surface area contributed by atoms with Gasteiger partial charge in [0.25, 0.3) is 0 Å². The van der Waals surface area contributed by atoms with Crippen molar-refractivity contribution in [3.05, 3.63) is 0 Å². The molecule has 0 aromatic carbocycles. The van der Waals surface area contributed by atoms with E-state index in [1.165, 1.54) is 12.8 Å². The van der Waals surface area contributed by atoms with E-state index in [4.69, 9.17) is 4.74 Å². The molecule has 2 heteroatoms. The third kappa shape index (κ3) is 0.678. The summed E-state index contributed by atoms with van der Waals surface area (Å²) in [5, 5.41) is 0. The maximum absolute atomic E-state index is 10.9. The van der Waals surface area contributed by atoms with Gasteiger partial charge in [-0.2, -0.15) is 0 Å². The molecule has 1 saturated carbocycles. The smallest absolute Gasteiger partial charge is 0.309 e. The van der Waals surface area contributed by atoms with Crippen LogP contribution in [0.1, 0.15) is 19.8 Å². The van der Waals surface area contributed by atoms with E-state index in [1.54, 1.807) is 0 Å². The highest BCUT2D eigenvalue weighted by Gasteiger charge is 2.59. The zero-order valence-corrected chi connectivity index (χ0v) is 6.17. The van der Waals surface area contributed by atoms with Crippen molar-refractivity contribution in [1.82, 2.24) is 0 Å². The fourth-order valence-corrected chi connectivity index (χ4v) is 2.02. The Labute approximate surface area is 60.6 Å². The van der Waals surface area contributed by atoms with Crippen molar-refractivity contribution in [2.45, 2.75) is 19.8 Å².